The number of anilines is 2. The molecule has 2 N–H and O–H groups in total. The van der Waals surface area contributed by atoms with Crippen LogP contribution in [0.15, 0.2) is 11.4 Å². The first kappa shape index (κ1) is 11.7. The van der Waals surface area contributed by atoms with Gasteiger partial charge in [-0.1, -0.05) is 12.8 Å². The van der Waals surface area contributed by atoms with Crippen LogP contribution in [0.1, 0.15) is 26.2 Å². The van der Waals surface area contributed by atoms with Gasteiger partial charge < -0.3 is 10.6 Å². The van der Waals surface area contributed by atoms with Crippen LogP contribution in [0.5, 0.6) is 0 Å². The molecule has 0 aliphatic heterocycles. The summed E-state index contributed by atoms with van der Waals surface area (Å²) in [6.45, 7) is 2.23. The number of fused-ring (bicyclic) bond motifs is 1. The monoisotopic (exact) mass is 262 g/mol. The molecule has 0 spiro atoms. The molecule has 5 heteroatoms. The maximum atomic E-state index is 4.53. The fourth-order valence-electron chi connectivity index (χ4n) is 2.22. The Balaban J connectivity index is 1.86. The average molecular weight is 262 g/mol. The van der Waals surface area contributed by atoms with Crippen molar-refractivity contribution in [1.29, 1.82) is 0 Å². The van der Waals surface area contributed by atoms with E-state index in [-0.39, 0.29) is 0 Å². The Hall–Kier alpha value is -1.36. The summed E-state index contributed by atoms with van der Waals surface area (Å²) in [5, 5.41) is 9.74. The van der Waals surface area contributed by atoms with Gasteiger partial charge in [0.1, 0.15) is 10.6 Å². The maximum Gasteiger partial charge on any atom is 0.225 e. The Kier molecular flexibility index (Phi) is 3.07. The molecule has 1 unspecified atom stereocenters. The zero-order valence-electron chi connectivity index (χ0n) is 10.7. The van der Waals surface area contributed by atoms with Crippen LogP contribution in [0.2, 0.25) is 0 Å². The Morgan fingerprint density at radius 3 is 3.00 bits per heavy atom. The topological polar surface area (TPSA) is 49.8 Å². The number of nitrogens with zero attached hydrogens (tertiary/aromatic N) is 2. The molecule has 0 aromatic carbocycles. The van der Waals surface area contributed by atoms with Gasteiger partial charge in [-0.15, -0.1) is 11.3 Å². The molecule has 3 rings (SSSR count). The molecule has 0 radical (unpaired) electrons. The minimum absolute atomic E-state index is 0.472. The maximum absolute atomic E-state index is 4.53. The second-order valence-corrected chi connectivity index (χ2v) is 5.90. The fraction of sp³-hybridized carbons (Fsp3) is 0.538. The van der Waals surface area contributed by atoms with E-state index in [9.17, 15) is 0 Å². The van der Waals surface area contributed by atoms with Crippen molar-refractivity contribution in [1.82, 2.24) is 9.97 Å². The second-order valence-electron chi connectivity index (χ2n) is 5.01. The molecule has 18 heavy (non-hydrogen) atoms. The Bertz CT molecular complexity index is 547. The molecule has 2 aromatic heterocycles. The summed E-state index contributed by atoms with van der Waals surface area (Å²) in [5.41, 5.74) is 0. The number of aromatic nitrogens is 2. The zero-order valence-corrected chi connectivity index (χ0v) is 11.5. The molecule has 2 heterocycles. The fourth-order valence-corrected chi connectivity index (χ4v) is 2.99. The van der Waals surface area contributed by atoms with E-state index in [1.54, 1.807) is 11.3 Å². The third kappa shape index (κ3) is 2.41. The summed E-state index contributed by atoms with van der Waals surface area (Å²) in [5.74, 6) is 2.57. The van der Waals surface area contributed by atoms with E-state index in [4.69, 9.17) is 0 Å². The van der Waals surface area contributed by atoms with Crippen LogP contribution >= 0.6 is 11.3 Å². The highest BCUT2D eigenvalue weighted by atomic mass is 32.1. The Morgan fingerprint density at radius 2 is 2.28 bits per heavy atom. The van der Waals surface area contributed by atoms with Crippen molar-refractivity contribution in [2.45, 2.75) is 32.2 Å². The van der Waals surface area contributed by atoms with Gasteiger partial charge in [-0.05, 0) is 30.7 Å². The zero-order chi connectivity index (χ0) is 12.5. The van der Waals surface area contributed by atoms with E-state index in [1.165, 1.54) is 19.3 Å². The third-order valence-electron chi connectivity index (χ3n) is 3.32. The molecular formula is C13H18N4S. The van der Waals surface area contributed by atoms with Crippen LogP contribution in [0, 0.1) is 5.92 Å². The lowest BCUT2D eigenvalue weighted by atomic mass is 10.1. The molecule has 4 nitrogen and oxygen atoms in total. The number of hydrogen-bond donors (Lipinski definition) is 2. The number of rotatable bonds is 5. The van der Waals surface area contributed by atoms with Gasteiger partial charge >= 0.3 is 0 Å². The van der Waals surface area contributed by atoms with Gasteiger partial charge in [0.2, 0.25) is 5.95 Å². The van der Waals surface area contributed by atoms with Gasteiger partial charge in [0.05, 0.1) is 5.39 Å². The smallest absolute Gasteiger partial charge is 0.225 e. The predicted octanol–water partition coefficient (Wildman–Crippen LogP) is 3.33. The van der Waals surface area contributed by atoms with E-state index < -0.39 is 0 Å². The van der Waals surface area contributed by atoms with E-state index >= 15 is 0 Å². The standard InChI is InChI=1S/C13H18N4S/c1-8(7-9-3-4-9)15-11-10-5-6-18-12(10)17-13(14-2)16-11/h5-6,8-9H,3-4,7H2,1-2H3,(H2,14,15,16,17). The minimum Gasteiger partial charge on any atom is -0.367 e. The van der Waals surface area contributed by atoms with Crippen LogP contribution in [-0.2, 0) is 0 Å². The molecule has 1 fully saturated rings. The largest absolute Gasteiger partial charge is 0.367 e. The summed E-state index contributed by atoms with van der Waals surface area (Å²) in [6, 6.07) is 2.56. The predicted molar refractivity (Wildman–Crippen MR) is 77.4 cm³/mol. The Morgan fingerprint density at radius 1 is 1.44 bits per heavy atom. The first-order valence-electron chi connectivity index (χ1n) is 6.46. The van der Waals surface area contributed by atoms with Gasteiger partial charge in [0.15, 0.2) is 0 Å². The van der Waals surface area contributed by atoms with Crippen molar-refractivity contribution in [2.75, 3.05) is 17.7 Å². The number of thiophene rings is 1. The second kappa shape index (κ2) is 4.72. The lowest BCUT2D eigenvalue weighted by Crippen LogP contribution is -2.17. The molecule has 2 aromatic rings. The van der Waals surface area contributed by atoms with Gasteiger partial charge in [-0.25, -0.2) is 4.98 Å². The Labute approximate surface area is 111 Å². The van der Waals surface area contributed by atoms with E-state index in [0.29, 0.717) is 12.0 Å². The van der Waals surface area contributed by atoms with Crippen LogP contribution in [0.25, 0.3) is 10.2 Å². The summed E-state index contributed by atoms with van der Waals surface area (Å²) in [4.78, 5) is 10.0. The lowest BCUT2D eigenvalue weighted by molar-refractivity contribution is 0.641. The molecule has 0 saturated heterocycles. The van der Waals surface area contributed by atoms with Crippen LogP contribution in [-0.4, -0.2) is 23.1 Å². The van der Waals surface area contributed by atoms with E-state index in [1.807, 2.05) is 7.05 Å². The normalized spacial score (nSPS) is 16.8. The van der Waals surface area contributed by atoms with Gasteiger partial charge in [-0.2, -0.15) is 4.98 Å². The van der Waals surface area contributed by atoms with Gasteiger partial charge in [0, 0.05) is 13.1 Å². The van der Waals surface area contributed by atoms with Crippen LogP contribution < -0.4 is 10.6 Å². The van der Waals surface area contributed by atoms with Crippen molar-refractivity contribution >= 4 is 33.3 Å². The SMILES string of the molecule is CNc1nc(NC(C)CC2CC2)c2ccsc2n1. The third-order valence-corrected chi connectivity index (χ3v) is 4.12. The van der Waals surface area contributed by atoms with Gasteiger partial charge in [0.25, 0.3) is 0 Å². The molecule has 0 bridgehead atoms. The number of nitrogens with one attached hydrogen (secondary N) is 2. The van der Waals surface area contributed by atoms with Crippen LogP contribution in [0.4, 0.5) is 11.8 Å². The molecule has 1 atom stereocenters. The molecule has 1 aliphatic rings. The highest BCUT2D eigenvalue weighted by molar-refractivity contribution is 7.16. The molecule has 1 saturated carbocycles. The molecule has 0 amide bonds. The highest BCUT2D eigenvalue weighted by Gasteiger charge is 2.24. The first-order valence-corrected chi connectivity index (χ1v) is 7.33. The molecular weight excluding hydrogens is 244 g/mol. The van der Waals surface area contributed by atoms with Crippen molar-refractivity contribution < 1.29 is 0 Å². The summed E-state index contributed by atoms with van der Waals surface area (Å²) >= 11 is 1.65. The van der Waals surface area contributed by atoms with Crippen molar-refractivity contribution in [3.05, 3.63) is 11.4 Å². The lowest BCUT2D eigenvalue weighted by Gasteiger charge is -2.15. The van der Waals surface area contributed by atoms with Crippen molar-refractivity contribution in [3.8, 4) is 0 Å². The average Bonchev–Trinajstić information content (AvgIpc) is 3.03. The molecule has 96 valence electrons. The van der Waals surface area contributed by atoms with E-state index in [2.05, 4.69) is 39.0 Å². The first-order chi connectivity index (χ1) is 8.76. The van der Waals surface area contributed by atoms with Crippen molar-refractivity contribution in [3.63, 3.8) is 0 Å². The quantitative estimate of drug-likeness (QED) is 0.867. The minimum atomic E-state index is 0.472. The summed E-state index contributed by atoms with van der Waals surface area (Å²) < 4.78 is 0. The van der Waals surface area contributed by atoms with Crippen molar-refractivity contribution in [2.24, 2.45) is 5.92 Å². The summed E-state index contributed by atoms with van der Waals surface area (Å²) in [6.07, 6.45) is 4.03. The van der Waals surface area contributed by atoms with Gasteiger partial charge in [-0.3, -0.25) is 0 Å². The summed E-state index contributed by atoms with van der Waals surface area (Å²) in [7, 11) is 1.85. The number of hydrogen-bond acceptors (Lipinski definition) is 5. The van der Waals surface area contributed by atoms with E-state index in [0.717, 1.165) is 22.0 Å². The molecule has 1 aliphatic carbocycles. The van der Waals surface area contributed by atoms with Crippen LogP contribution in [0.3, 0.4) is 0 Å². The highest BCUT2D eigenvalue weighted by Crippen LogP contribution is 2.34.